The molecule has 0 radical (unpaired) electrons. The van der Waals surface area contributed by atoms with Gasteiger partial charge in [-0.2, -0.15) is 19.9 Å². The number of hydrogen-bond donors (Lipinski definition) is 0. The zero-order chi connectivity index (χ0) is 53.3. The highest BCUT2D eigenvalue weighted by atomic mass is 15.4. The number of hydrogen-bond acceptors (Lipinski definition) is 7. The molecule has 0 saturated carbocycles. The van der Waals surface area contributed by atoms with E-state index in [2.05, 4.69) is 199 Å². The van der Waals surface area contributed by atoms with Crippen LogP contribution < -0.4 is 4.90 Å². The van der Waals surface area contributed by atoms with Crippen molar-refractivity contribution in [3.05, 3.63) is 281 Å². The third kappa shape index (κ3) is 9.86. The summed E-state index contributed by atoms with van der Waals surface area (Å²) in [6.07, 6.45) is 0. The molecule has 7 heteroatoms. The minimum Gasteiger partial charge on any atom is -0.246 e. The summed E-state index contributed by atoms with van der Waals surface area (Å²) in [6.45, 7) is 13.3. The van der Waals surface area contributed by atoms with Gasteiger partial charge in [-0.25, -0.2) is 14.9 Å². The van der Waals surface area contributed by atoms with Crippen LogP contribution in [0.15, 0.2) is 231 Å². The second-order valence-corrected chi connectivity index (χ2v) is 20.3. The van der Waals surface area contributed by atoms with E-state index in [0.29, 0.717) is 35.2 Å². The van der Waals surface area contributed by atoms with Crippen LogP contribution in [0.2, 0.25) is 0 Å². The van der Waals surface area contributed by atoms with Crippen molar-refractivity contribution in [2.45, 2.75) is 47.5 Å². The Morgan fingerprint density at radius 1 is 0.295 bits per heavy atom. The van der Waals surface area contributed by atoms with Gasteiger partial charge in [-0.1, -0.05) is 217 Å². The van der Waals surface area contributed by atoms with Crippen LogP contribution in [0.3, 0.4) is 0 Å². The molecular formula is C71H57N7. The molecule has 0 unspecified atom stereocenters. The lowest BCUT2D eigenvalue weighted by Crippen LogP contribution is -2.19. The molecule has 12 aromatic rings. The van der Waals surface area contributed by atoms with Gasteiger partial charge in [0, 0.05) is 28.2 Å². The number of rotatable bonds is 12. The number of fused-ring (bicyclic) bond motifs is 1. The standard InChI is InChI=1S/C71H57N7/c1-45-39-47(3)63(48(4)40-45)65(64-49(5)41-46(2)42-50(64)6)54-35-37-60(38-36-54)78(70-74-66(55-25-15-9-16-26-55)72-68(76-70)57-33-31-52(32-34-57)51-21-11-7-12-22-51)71-75-67(56-27-17-10-18-28-56)73-69(77-71)62-44-59-30-20-19-29-58(59)43-61(62)53-23-13-8-14-24-53/h7-44,65H,1-6H3. The smallest absolute Gasteiger partial charge is 0.241 e. The van der Waals surface area contributed by atoms with E-state index in [4.69, 9.17) is 29.9 Å². The molecule has 7 nitrogen and oxygen atoms in total. The average Bonchev–Trinajstić information content (AvgIpc) is 3.57. The molecule has 0 fully saturated rings. The molecule has 0 aliphatic rings. The van der Waals surface area contributed by atoms with E-state index in [1.165, 1.54) is 44.5 Å². The fourth-order valence-electron chi connectivity index (χ4n) is 11.2. The zero-order valence-electron chi connectivity index (χ0n) is 44.6. The highest BCUT2D eigenvalue weighted by molar-refractivity contribution is 5.95. The van der Waals surface area contributed by atoms with Gasteiger partial charge >= 0.3 is 0 Å². The number of benzene rings is 10. The van der Waals surface area contributed by atoms with Crippen LogP contribution >= 0.6 is 0 Å². The van der Waals surface area contributed by atoms with Gasteiger partial charge in [0.15, 0.2) is 23.3 Å². The monoisotopic (exact) mass is 1010 g/mol. The Balaban J connectivity index is 1.12. The number of nitrogens with zero attached hydrogens (tertiary/aromatic N) is 7. The molecule has 0 atom stereocenters. The predicted molar refractivity (Wildman–Crippen MR) is 320 cm³/mol. The Hall–Kier alpha value is -9.72. The first kappa shape index (κ1) is 49.2. The second-order valence-electron chi connectivity index (χ2n) is 20.3. The van der Waals surface area contributed by atoms with Crippen molar-refractivity contribution in [2.24, 2.45) is 0 Å². The second kappa shape index (κ2) is 21.1. The van der Waals surface area contributed by atoms with Gasteiger partial charge in [0.25, 0.3) is 0 Å². The van der Waals surface area contributed by atoms with Crippen LogP contribution in [-0.4, -0.2) is 29.9 Å². The first-order valence-corrected chi connectivity index (χ1v) is 26.5. The van der Waals surface area contributed by atoms with Crippen LogP contribution in [0.25, 0.3) is 78.6 Å². The normalized spacial score (nSPS) is 11.3. The maximum absolute atomic E-state index is 5.54. The summed E-state index contributed by atoms with van der Waals surface area (Å²) in [4.78, 5) is 34.3. The van der Waals surface area contributed by atoms with E-state index >= 15 is 0 Å². The molecule has 0 aliphatic heterocycles. The van der Waals surface area contributed by atoms with E-state index in [9.17, 15) is 0 Å². The van der Waals surface area contributed by atoms with Crippen molar-refractivity contribution < 1.29 is 0 Å². The van der Waals surface area contributed by atoms with Gasteiger partial charge in [0.2, 0.25) is 11.9 Å². The lowest BCUT2D eigenvalue weighted by Gasteiger charge is -2.28. The van der Waals surface area contributed by atoms with Crippen LogP contribution in [0, 0.1) is 41.5 Å². The summed E-state index contributed by atoms with van der Waals surface area (Å²) in [6, 6.07) is 80.4. The fraction of sp³-hybridized carbons (Fsp3) is 0.0986. The Labute approximate surface area is 456 Å². The van der Waals surface area contributed by atoms with Crippen LogP contribution in [0.1, 0.15) is 56.0 Å². The summed E-state index contributed by atoms with van der Waals surface area (Å²) < 4.78 is 0. The highest BCUT2D eigenvalue weighted by Gasteiger charge is 2.28. The molecule has 78 heavy (non-hydrogen) atoms. The summed E-state index contributed by atoms with van der Waals surface area (Å²) >= 11 is 0. The largest absolute Gasteiger partial charge is 0.246 e. The Kier molecular flexibility index (Phi) is 13.3. The minimum atomic E-state index is -0.0428. The van der Waals surface area contributed by atoms with Gasteiger partial charge < -0.3 is 0 Å². The molecule has 12 rings (SSSR count). The van der Waals surface area contributed by atoms with E-state index in [-0.39, 0.29) is 5.92 Å². The van der Waals surface area contributed by atoms with Crippen molar-refractivity contribution in [1.82, 2.24) is 29.9 Å². The Morgan fingerprint density at radius 2 is 0.641 bits per heavy atom. The molecule has 0 bridgehead atoms. The van der Waals surface area contributed by atoms with Gasteiger partial charge in [0.1, 0.15) is 0 Å². The first-order valence-electron chi connectivity index (χ1n) is 26.5. The topological polar surface area (TPSA) is 80.6 Å². The molecule has 0 spiro atoms. The maximum atomic E-state index is 5.54. The van der Waals surface area contributed by atoms with Crippen molar-refractivity contribution >= 4 is 28.4 Å². The maximum Gasteiger partial charge on any atom is 0.241 e. The highest BCUT2D eigenvalue weighted by Crippen LogP contribution is 2.43. The fourth-order valence-corrected chi connectivity index (χ4v) is 11.2. The number of anilines is 3. The third-order valence-corrected chi connectivity index (χ3v) is 14.7. The molecule has 0 saturated heterocycles. The van der Waals surface area contributed by atoms with Crippen molar-refractivity contribution in [1.29, 1.82) is 0 Å². The molecule has 2 aromatic heterocycles. The first-order chi connectivity index (χ1) is 38.1. The average molecular weight is 1010 g/mol. The van der Waals surface area contributed by atoms with Crippen LogP contribution in [-0.2, 0) is 0 Å². The quantitative estimate of drug-likeness (QED) is 0.113. The Morgan fingerprint density at radius 3 is 1.10 bits per heavy atom. The predicted octanol–water partition coefficient (Wildman–Crippen LogP) is 17.7. The van der Waals surface area contributed by atoms with E-state index < -0.39 is 0 Å². The summed E-state index contributed by atoms with van der Waals surface area (Å²) in [5.41, 5.74) is 19.8. The molecule has 0 N–H and O–H groups in total. The zero-order valence-corrected chi connectivity index (χ0v) is 44.6. The van der Waals surface area contributed by atoms with E-state index in [1.807, 2.05) is 77.7 Å². The summed E-state index contributed by atoms with van der Waals surface area (Å²) in [7, 11) is 0. The van der Waals surface area contributed by atoms with Crippen molar-refractivity contribution in [3.63, 3.8) is 0 Å². The summed E-state index contributed by atoms with van der Waals surface area (Å²) in [5.74, 6) is 2.70. The molecular weight excluding hydrogens is 951 g/mol. The molecule has 10 aromatic carbocycles. The van der Waals surface area contributed by atoms with Gasteiger partial charge in [-0.15, -0.1) is 0 Å². The van der Waals surface area contributed by atoms with Gasteiger partial charge in [-0.3, -0.25) is 0 Å². The van der Waals surface area contributed by atoms with Crippen molar-refractivity contribution in [2.75, 3.05) is 4.90 Å². The van der Waals surface area contributed by atoms with Gasteiger partial charge in [0.05, 0.1) is 5.69 Å². The lowest BCUT2D eigenvalue weighted by molar-refractivity contribution is 0.917. The lowest BCUT2D eigenvalue weighted by atomic mass is 9.77. The van der Waals surface area contributed by atoms with Crippen LogP contribution in [0.4, 0.5) is 17.6 Å². The SMILES string of the molecule is Cc1cc(C)c(C(c2ccc(N(c3nc(-c4ccccc4)nc(-c4ccc(-c5ccccc5)cc4)n3)c3nc(-c4ccccc4)nc(-c4cc5ccccc5cc4-c4ccccc4)n3)cc2)c2c(C)cc(C)cc2C)c(C)c1. The molecule has 376 valence electrons. The van der Waals surface area contributed by atoms with Gasteiger partial charge in [-0.05, 0) is 138 Å². The molecule has 2 heterocycles. The number of aryl methyl sites for hydroxylation is 6. The van der Waals surface area contributed by atoms with Crippen LogP contribution in [0.5, 0.6) is 0 Å². The van der Waals surface area contributed by atoms with E-state index in [1.54, 1.807) is 0 Å². The number of aromatic nitrogens is 6. The molecule has 0 aliphatic carbocycles. The molecule has 0 amide bonds. The van der Waals surface area contributed by atoms with E-state index in [0.717, 1.165) is 66.5 Å². The summed E-state index contributed by atoms with van der Waals surface area (Å²) in [5, 5.41) is 2.19. The minimum absolute atomic E-state index is 0.0428. The Bertz CT molecular complexity index is 4020. The third-order valence-electron chi connectivity index (χ3n) is 14.7. The van der Waals surface area contributed by atoms with Crippen molar-refractivity contribution in [3.8, 4) is 67.8 Å².